The Morgan fingerprint density at radius 2 is 0.794 bits per heavy atom. The van der Waals surface area contributed by atoms with Crippen molar-refractivity contribution in [3.8, 4) is 0 Å². The number of hydrogen-bond donors (Lipinski definition) is 3. The van der Waals surface area contributed by atoms with E-state index >= 15 is 0 Å². The Kier molecular flexibility index (Phi) is 50.6. The number of hydrogen-bond acceptors (Lipinski definition) is 5. The van der Waals surface area contributed by atoms with Crippen LogP contribution in [-0.4, -0.2) is 47.4 Å². The van der Waals surface area contributed by atoms with E-state index in [-0.39, 0.29) is 18.5 Å². The molecule has 2 unspecified atom stereocenters. The highest BCUT2D eigenvalue weighted by molar-refractivity contribution is 5.76. The monoisotopic (exact) mass is 884 g/mol. The Labute approximate surface area is 391 Å². The molecule has 6 nitrogen and oxygen atoms in total. The van der Waals surface area contributed by atoms with Crippen molar-refractivity contribution in [3.63, 3.8) is 0 Å². The fourth-order valence-corrected chi connectivity index (χ4v) is 8.07. The molecule has 0 aliphatic heterocycles. The summed E-state index contributed by atoms with van der Waals surface area (Å²) in [4.78, 5) is 24.5. The minimum Gasteiger partial charge on any atom is -0.466 e. The van der Waals surface area contributed by atoms with Gasteiger partial charge in [0.1, 0.15) is 0 Å². The van der Waals surface area contributed by atoms with Crippen LogP contribution >= 0.6 is 0 Å². The molecule has 0 aliphatic rings. The molecule has 0 aromatic heterocycles. The third-order valence-corrected chi connectivity index (χ3v) is 12.3. The molecular formula is C57H105NO5. The fraction of sp³-hybridized carbons (Fsp3) is 0.825. The first-order valence-electron chi connectivity index (χ1n) is 27.4. The van der Waals surface area contributed by atoms with Crippen LogP contribution in [0.2, 0.25) is 0 Å². The van der Waals surface area contributed by atoms with Gasteiger partial charge in [-0.1, -0.05) is 223 Å². The Morgan fingerprint density at radius 3 is 1.24 bits per heavy atom. The molecule has 3 N–H and O–H groups in total. The van der Waals surface area contributed by atoms with Crippen LogP contribution in [0.15, 0.2) is 48.6 Å². The van der Waals surface area contributed by atoms with Crippen LogP contribution in [0, 0.1) is 0 Å². The van der Waals surface area contributed by atoms with Crippen LogP contribution in [0.5, 0.6) is 0 Å². The number of unbranched alkanes of at least 4 members (excludes halogenated alkanes) is 33. The van der Waals surface area contributed by atoms with Crippen molar-refractivity contribution in [2.45, 2.75) is 289 Å². The van der Waals surface area contributed by atoms with Gasteiger partial charge in [0.2, 0.25) is 5.91 Å². The average Bonchev–Trinajstić information content (AvgIpc) is 3.28. The van der Waals surface area contributed by atoms with Gasteiger partial charge in [-0.3, -0.25) is 9.59 Å². The molecular weight excluding hydrogens is 779 g/mol. The van der Waals surface area contributed by atoms with Crippen LogP contribution in [0.25, 0.3) is 0 Å². The molecule has 0 aromatic rings. The highest BCUT2D eigenvalue weighted by atomic mass is 16.5. The highest BCUT2D eigenvalue weighted by Crippen LogP contribution is 2.15. The molecule has 0 spiro atoms. The van der Waals surface area contributed by atoms with Crippen LogP contribution in [-0.2, 0) is 14.3 Å². The second kappa shape index (κ2) is 52.4. The number of aliphatic hydroxyl groups excluding tert-OH is 2. The lowest BCUT2D eigenvalue weighted by Gasteiger charge is -2.20. The number of allylic oxidation sites excluding steroid dienone is 7. The predicted octanol–water partition coefficient (Wildman–Crippen LogP) is 16.6. The largest absolute Gasteiger partial charge is 0.466 e. The van der Waals surface area contributed by atoms with E-state index in [2.05, 4.69) is 55.6 Å². The SMILES string of the molecule is CCCCCC/C=C\C/C=C\CCCCCCCC(=O)OCCCC/C=C\CCCCCCCC(=O)NC(CO)C(O)/C=C/CCCCCCCCCCCCCCCCCCC. The van der Waals surface area contributed by atoms with Gasteiger partial charge in [-0.15, -0.1) is 0 Å². The number of aliphatic hydroxyl groups is 2. The van der Waals surface area contributed by atoms with Crippen molar-refractivity contribution in [2.24, 2.45) is 0 Å². The molecule has 0 heterocycles. The number of rotatable bonds is 50. The van der Waals surface area contributed by atoms with E-state index in [4.69, 9.17) is 4.74 Å². The number of esters is 1. The maximum atomic E-state index is 12.5. The van der Waals surface area contributed by atoms with Crippen molar-refractivity contribution < 1.29 is 24.5 Å². The molecule has 6 heteroatoms. The molecule has 2 atom stereocenters. The normalized spacial score (nSPS) is 13.0. The second-order valence-corrected chi connectivity index (χ2v) is 18.5. The summed E-state index contributed by atoms with van der Waals surface area (Å²) in [5.74, 6) is -0.144. The molecule has 0 radical (unpaired) electrons. The summed E-state index contributed by atoms with van der Waals surface area (Å²) >= 11 is 0. The summed E-state index contributed by atoms with van der Waals surface area (Å²) in [5, 5.41) is 23.1. The molecule has 0 rings (SSSR count). The Bertz CT molecular complexity index is 1070. The van der Waals surface area contributed by atoms with Crippen molar-refractivity contribution >= 4 is 11.9 Å². The summed E-state index contributed by atoms with van der Waals surface area (Å²) in [6, 6.07) is -0.651. The van der Waals surface area contributed by atoms with Crippen molar-refractivity contribution in [3.05, 3.63) is 48.6 Å². The summed E-state index contributed by atoms with van der Waals surface area (Å²) in [6.07, 6.45) is 65.5. The predicted molar refractivity (Wildman–Crippen MR) is 273 cm³/mol. The van der Waals surface area contributed by atoms with E-state index < -0.39 is 12.1 Å². The summed E-state index contributed by atoms with van der Waals surface area (Å²) < 4.78 is 5.43. The van der Waals surface area contributed by atoms with Crippen LogP contribution < -0.4 is 5.32 Å². The molecule has 0 saturated carbocycles. The molecule has 63 heavy (non-hydrogen) atoms. The lowest BCUT2D eigenvalue weighted by Crippen LogP contribution is -2.45. The van der Waals surface area contributed by atoms with Gasteiger partial charge in [-0.05, 0) is 89.9 Å². The van der Waals surface area contributed by atoms with E-state index in [0.717, 1.165) is 96.3 Å². The minimum atomic E-state index is -0.865. The zero-order chi connectivity index (χ0) is 45.8. The van der Waals surface area contributed by atoms with Gasteiger partial charge in [0.05, 0.1) is 25.4 Å². The maximum Gasteiger partial charge on any atom is 0.305 e. The zero-order valence-electron chi connectivity index (χ0n) is 41.8. The van der Waals surface area contributed by atoms with Crippen LogP contribution in [0.3, 0.4) is 0 Å². The van der Waals surface area contributed by atoms with E-state index in [9.17, 15) is 19.8 Å². The van der Waals surface area contributed by atoms with Gasteiger partial charge in [0.25, 0.3) is 0 Å². The molecule has 0 bridgehead atoms. The highest BCUT2D eigenvalue weighted by Gasteiger charge is 2.18. The Balaban J connectivity index is 3.57. The first kappa shape index (κ1) is 60.8. The lowest BCUT2D eigenvalue weighted by atomic mass is 10.0. The smallest absolute Gasteiger partial charge is 0.305 e. The first-order chi connectivity index (χ1) is 31.0. The Hall–Kier alpha value is -2.18. The first-order valence-corrected chi connectivity index (χ1v) is 27.4. The fourth-order valence-electron chi connectivity index (χ4n) is 8.07. The molecule has 0 fully saturated rings. The number of ether oxygens (including phenoxy) is 1. The van der Waals surface area contributed by atoms with Gasteiger partial charge in [-0.2, -0.15) is 0 Å². The van der Waals surface area contributed by atoms with Gasteiger partial charge < -0.3 is 20.3 Å². The van der Waals surface area contributed by atoms with Gasteiger partial charge in [0.15, 0.2) is 0 Å². The number of carbonyl (C=O) groups excluding carboxylic acids is 2. The number of nitrogens with one attached hydrogen (secondary N) is 1. The summed E-state index contributed by atoms with van der Waals surface area (Å²) in [5.41, 5.74) is 0. The zero-order valence-corrected chi connectivity index (χ0v) is 41.8. The van der Waals surface area contributed by atoms with Gasteiger partial charge in [0, 0.05) is 12.8 Å². The number of amides is 1. The van der Waals surface area contributed by atoms with Crippen molar-refractivity contribution in [2.75, 3.05) is 13.2 Å². The quantitative estimate of drug-likeness (QED) is 0.0321. The topological polar surface area (TPSA) is 95.9 Å². The summed E-state index contributed by atoms with van der Waals surface area (Å²) in [6.45, 7) is 4.80. The van der Waals surface area contributed by atoms with E-state index in [1.807, 2.05) is 6.08 Å². The Morgan fingerprint density at radius 1 is 0.444 bits per heavy atom. The third kappa shape index (κ3) is 49.1. The van der Waals surface area contributed by atoms with E-state index in [1.165, 1.54) is 154 Å². The molecule has 0 saturated heterocycles. The van der Waals surface area contributed by atoms with Gasteiger partial charge in [-0.25, -0.2) is 0 Å². The molecule has 368 valence electrons. The van der Waals surface area contributed by atoms with E-state index in [1.54, 1.807) is 6.08 Å². The maximum absolute atomic E-state index is 12.5. The number of carbonyl (C=O) groups is 2. The standard InChI is InChI=1S/C57H105NO5/c1-3-5-7-9-11-13-15-17-19-21-22-23-24-26-29-33-37-41-45-49-55(60)54(53-59)58-56(61)50-46-42-38-34-30-28-32-36-40-44-48-52-63-57(62)51-47-43-39-35-31-27-25-20-18-16-14-12-10-8-6-4-2/h14,16,20,25,32,36,45,49,54-55,59-60H,3-13,15,17-19,21-24,26-31,33-35,37-44,46-48,50-53H2,1-2H3,(H,58,61)/b16-14-,25-20-,36-32-,49-45+. The van der Waals surface area contributed by atoms with Crippen LogP contribution in [0.1, 0.15) is 277 Å². The second-order valence-electron chi connectivity index (χ2n) is 18.5. The summed E-state index contributed by atoms with van der Waals surface area (Å²) in [7, 11) is 0. The molecule has 0 aliphatic carbocycles. The average molecular weight is 884 g/mol. The molecule has 0 aromatic carbocycles. The third-order valence-electron chi connectivity index (χ3n) is 12.3. The minimum absolute atomic E-state index is 0.0468. The van der Waals surface area contributed by atoms with Gasteiger partial charge >= 0.3 is 5.97 Å². The van der Waals surface area contributed by atoms with E-state index in [0.29, 0.717) is 19.4 Å². The van der Waals surface area contributed by atoms with Crippen LogP contribution in [0.4, 0.5) is 0 Å². The van der Waals surface area contributed by atoms with Crippen molar-refractivity contribution in [1.29, 1.82) is 0 Å². The van der Waals surface area contributed by atoms with Crippen molar-refractivity contribution in [1.82, 2.24) is 5.32 Å². The molecule has 1 amide bonds. The lowest BCUT2D eigenvalue weighted by molar-refractivity contribution is -0.143.